The van der Waals surface area contributed by atoms with Crippen LogP contribution in [0.3, 0.4) is 0 Å². The second-order valence-corrected chi connectivity index (χ2v) is 6.20. The van der Waals surface area contributed by atoms with Crippen molar-refractivity contribution < 1.29 is 17.9 Å². The summed E-state index contributed by atoms with van der Waals surface area (Å²) in [5.41, 5.74) is 0.856. The molecule has 0 atom stereocenters. The Morgan fingerprint density at radius 1 is 1.44 bits per heavy atom. The predicted octanol–water partition coefficient (Wildman–Crippen LogP) is 0.0618. The van der Waals surface area contributed by atoms with Crippen LogP contribution in [0.5, 0.6) is 0 Å². The van der Waals surface area contributed by atoms with E-state index in [-0.39, 0.29) is 11.4 Å². The van der Waals surface area contributed by atoms with E-state index in [1.54, 1.807) is 4.68 Å². The fraction of sp³-hybridized carbons (Fsp3) is 0.700. The summed E-state index contributed by atoms with van der Waals surface area (Å²) >= 11 is 0. The Balaban J connectivity index is 2.78. The molecule has 1 aromatic heterocycles. The molecule has 0 saturated heterocycles. The van der Waals surface area contributed by atoms with E-state index in [0.29, 0.717) is 25.1 Å². The first kappa shape index (κ1) is 14.6. The molecular formula is C10H17N3O4S. The van der Waals surface area contributed by atoms with Gasteiger partial charge >= 0.3 is 5.97 Å². The average molecular weight is 275 g/mol. The van der Waals surface area contributed by atoms with Crippen LogP contribution in [0.15, 0.2) is 0 Å². The molecule has 0 fully saturated rings. The Kier molecular flexibility index (Phi) is 4.83. The Morgan fingerprint density at radius 3 is 2.61 bits per heavy atom. The molecule has 7 nitrogen and oxygen atoms in total. The monoisotopic (exact) mass is 275 g/mol. The molecule has 0 aromatic carbocycles. The third kappa shape index (κ3) is 3.80. The van der Waals surface area contributed by atoms with Gasteiger partial charge in [0.05, 0.1) is 18.6 Å². The van der Waals surface area contributed by atoms with E-state index in [2.05, 4.69) is 15.0 Å². The molecule has 8 heteroatoms. The Hall–Kier alpha value is -1.44. The molecule has 0 spiro atoms. The maximum absolute atomic E-state index is 11.4. The number of esters is 1. The third-order valence-corrected chi connectivity index (χ3v) is 3.47. The highest BCUT2D eigenvalue weighted by Crippen LogP contribution is 2.08. The number of hydrogen-bond acceptors (Lipinski definition) is 6. The third-order valence-electron chi connectivity index (χ3n) is 2.44. The highest BCUT2D eigenvalue weighted by molar-refractivity contribution is 7.90. The molecule has 0 saturated carbocycles. The van der Waals surface area contributed by atoms with E-state index < -0.39 is 15.8 Å². The van der Waals surface area contributed by atoms with Crippen LogP contribution in [0.2, 0.25) is 0 Å². The summed E-state index contributed by atoms with van der Waals surface area (Å²) in [5.74, 6) is -0.440. The van der Waals surface area contributed by atoms with E-state index in [1.807, 2.05) is 6.92 Å². The maximum atomic E-state index is 11.4. The van der Waals surface area contributed by atoms with Gasteiger partial charge in [-0.1, -0.05) is 12.1 Å². The zero-order valence-corrected chi connectivity index (χ0v) is 11.5. The maximum Gasteiger partial charge on any atom is 0.360 e. The van der Waals surface area contributed by atoms with E-state index in [4.69, 9.17) is 0 Å². The van der Waals surface area contributed by atoms with Gasteiger partial charge in [-0.15, -0.1) is 5.10 Å². The Labute approximate surface area is 106 Å². The molecule has 0 unspecified atom stereocenters. The second kappa shape index (κ2) is 5.94. The van der Waals surface area contributed by atoms with Gasteiger partial charge in [0.1, 0.15) is 9.84 Å². The van der Waals surface area contributed by atoms with Crippen LogP contribution in [0, 0.1) is 0 Å². The lowest BCUT2D eigenvalue weighted by atomic mass is 10.2. The van der Waals surface area contributed by atoms with E-state index in [9.17, 15) is 13.2 Å². The predicted molar refractivity (Wildman–Crippen MR) is 65.1 cm³/mol. The Bertz CT molecular complexity index is 521. The molecule has 0 aliphatic rings. The number of aromatic nitrogens is 3. The number of sulfone groups is 1. The lowest BCUT2D eigenvalue weighted by molar-refractivity contribution is 0.0592. The van der Waals surface area contributed by atoms with E-state index in [0.717, 1.165) is 0 Å². The second-order valence-electron chi connectivity index (χ2n) is 3.94. The summed E-state index contributed by atoms with van der Waals surface area (Å²) in [6.07, 6.45) is 2.21. The fourth-order valence-corrected chi connectivity index (χ4v) is 2.25. The molecule has 1 rings (SSSR count). The normalized spacial score (nSPS) is 11.5. The number of carbonyl (C=O) groups excluding carboxylic acids is 1. The minimum Gasteiger partial charge on any atom is -0.464 e. The van der Waals surface area contributed by atoms with E-state index >= 15 is 0 Å². The van der Waals surface area contributed by atoms with Crippen molar-refractivity contribution in [3.8, 4) is 0 Å². The van der Waals surface area contributed by atoms with Crippen LogP contribution in [-0.4, -0.2) is 48.5 Å². The fourth-order valence-electron chi connectivity index (χ4n) is 1.59. The number of hydrogen-bond donors (Lipinski definition) is 0. The summed E-state index contributed by atoms with van der Waals surface area (Å²) in [7, 11) is -1.70. The number of nitrogens with zero attached hydrogens (tertiary/aromatic N) is 3. The van der Waals surface area contributed by atoms with Gasteiger partial charge in [-0.3, -0.25) is 0 Å². The van der Waals surface area contributed by atoms with Gasteiger partial charge in [-0.25, -0.2) is 17.9 Å². The zero-order chi connectivity index (χ0) is 13.8. The van der Waals surface area contributed by atoms with Crippen molar-refractivity contribution in [3.63, 3.8) is 0 Å². The lowest BCUT2D eigenvalue weighted by Crippen LogP contribution is -2.12. The number of ether oxygens (including phenoxy) is 1. The van der Waals surface area contributed by atoms with Crippen LogP contribution in [0.4, 0.5) is 0 Å². The quantitative estimate of drug-likeness (QED) is 0.682. The summed E-state index contributed by atoms with van der Waals surface area (Å²) in [4.78, 5) is 11.4. The number of methoxy groups -OCH3 is 1. The molecule has 0 bridgehead atoms. The molecule has 0 radical (unpaired) electrons. The van der Waals surface area contributed by atoms with Gasteiger partial charge in [-0.2, -0.15) is 0 Å². The molecule has 0 N–H and O–H groups in total. The van der Waals surface area contributed by atoms with Crippen LogP contribution in [-0.2, 0) is 27.5 Å². The molecule has 102 valence electrons. The summed E-state index contributed by atoms with van der Waals surface area (Å²) < 4.78 is 28.2. The topological polar surface area (TPSA) is 91.2 Å². The largest absolute Gasteiger partial charge is 0.464 e. The standard InChI is InChI=1S/C10H17N3O4S/c1-4-8-9(10(14)17-2)11-12-13(8)6-5-7-18(3,15)16/h4-7H2,1-3H3. The molecule has 0 aliphatic carbocycles. The first-order valence-electron chi connectivity index (χ1n) is 5.57. The number of aryl methyl sites for hydroxylation is 1. The number of carbonyl (C=O) groups is 1. The van der Waals surface area contributed by atoms with E-state index in [1.165, 1.54) is 13.4 Å². The minimum absolute atomic E-state index is 0.0869. The van der Waals surface area contributed by atoms with Gasteiger partial charge in [0.25, 0.3) is 0 Å². The molecule has 18 heavy (non-hydrogen) atoms. The highest BCUT2D eigenvalue weighted by atomic mass is 32.2. The van der Waals surface area contributed by atoms with Gasteiger partial charge in [-0.05, 0) is 12.8 Å². The van der Waals surface area contributed by atoms with Gasteiger partial charge < -0.3 is 4.74 Å². The van der Waals surface area contributed by atoms with Crippen LogP contribution in [0.25, 0.3) is 0 Å². The number of rotatable bonds is 6. The van der Waals surface area contributed by atoms with Crippen molar-refractivity contribution >= 4 is 15.8 Å². The van der Waals surface area contributed by atoms with Crippen LogP contribution in [0.1, 0.15) is 29.5 Å². The zero-order valence-electron chi connectivity index (χ0n) is 10.7. The minimum atomic E-state index is -2.98. The van der Waals surface area contributed by atoms with Crippen molar-refractivity contribution in [2.75, 3.05) is 19.1 Å². The average Bonchev–Trinajstić information content (AvgIpc) is 2.69. The van der Waals surface area contributed by atoms with Crippen molar-refractivity contribution in [1.82, 2.24) is 15.0 Å². The highest BCUT2D eigenvalue weighted by Gasteiger charge is 2.18. The van der Waals surface area contributed by atoms with Crippen LogP contribution >= 0.6 is 0 Å². The van der Waals surface area contributed by atoms with Crippen molar-refractivity contribution in [3.05, 3.63) is 11.4 Å². The molecule has 1 heterocycles. The molecule has 0 aliphatic heterocycles. The summed E-state index contributed by atoms with van der Waals surface area (Å²) in [6, 6.07) is 0. The van der Waals surface area contributed by atoms with Crippen molar-refractivity contribution in [1.29, 1.82) is 0 Å². The van der Waals surface area contributed by atoms with Crippen molar-refractivity contribution in [2.24, 2.45) is 0 Å². The Morgan fingerprint density at radius 2 is 2.11 bits per heavy atom. The lowest BCUT2D eigenvalue weighted by Gasteiger charge is -2.04. The van der Waals surface area contributed by atoms with Gasteiger partial charge in [0.15, 0.2) is 5.69 Å². The van der Waals surface area contributed by atoms with Crippen LogP contribution < -0.4 is 0 Å². The molecule has 1 aromatic rings. The first-order chi connectivity index (χ1) is 8.39. The SMILES string of the molecule is CCc1c(C(=O)OC)nnn1CCCS(C)(=O)=O. The van der Waals surface area contributed by atoms with Gasteiger partial charge in [0, 0.05) is 12.8 Å². The van der Waals surface area contributed by atoms with Gasteiger partial charge in [0.2, 0.25) is 0 Å². The first-order valence-corrected chi connectivity index (χ1v) is 7.63. The molecule has 0 amide bonds. The smallest absolute Gasteiger partial charge is 0.360 e. The summed E-state index contributed by atoms with van der Waals surface area (Å²) in [6.45, 7) is 2.29. The summed E-state index contributed by atoms with van der Waals surface area (Å²) in [5, 5.41) is 7.61. The van der Waals surface area contributed by atoms with Crippen molar-refractivity contribution in [2.45, 2.75) is 26.3 Å². The molecular weight excluding hydrogens is 258 g/mol.